The first-order valence-corrected chi connectivity index (χ1v) is 15.9. The molecule has 1 unspecified atom stereocenters. The van der Waals surface area contributed by atoms with Gasteiger partial charge in [-0.2, -0.15) is 0 Å². The number of unbranched alkanes of at least 4 members (excludes halogenated alkanes) is 18. The van der Waals surface area contributed by atoms with Gasteiger partial charge in [0.1, 0.15) is 0 Å². The van der Waals surface area contributed by atoms with Crippen LogP contribution in [0.15, 0.2) is 43.0 Å². The van der Waals surface area contributed by atoms with Gasteiger partial charge in [0, 0.05) is 18.1 Å². The molecule has 204 valence electrons. The predicted molar refractivity (Wildman–Crippen MR) is 159 cm³/mol. The average molecular weight is 495 g/mol. The highest BCUT2D eigenvalue weighted by Crippen LogP contribution is 2.32. The molecule has 2 heteroatoms. The summed E-state index contributed by atoms with van der Waals surface area (Å²) in [5.41, 5.74) is 2.86. The van der Waals surface area contributed by atoms with Crippen molar-refractivity contribution in [3.8, 4) is 5.69 Å². The van der Waals surface area contributed by atoms with Crippen molar-refractivity contribution in [3.05, 3.63) is 48.5 Å². The molecule has 1 atom stereocenters. The summed E-state index contributed by atoms with van der Waals surface area (Å²) in [6.07, 6.45) is 36.9. The lowest BCUT2D eigenvalue weighted by Gasteiger charge is -2.21. The molecule has 1 aromatic carbocycles. The molecule has 0 saturated carbocycles. The fraction of sp³-hybridized carbons (Fsp3) is 0.735. The SMILES string of the molecule is CCCCCCCCCCCCCC(CCCCCCCCCCC)c1ccccc1-n1ccnc1. The number of imidazole rings is 1. The van der Waals surface area contributed by atoms with Crippen LogP contribution in [0.1, 0.15) is 167 Å². The molecule has 1 aromatic heterocycles. The van der Waals surface area contributed by atoms with Crippen LogP contribution in [0.25, 0.3) is 5.69 Å². The predicted octanol–water partition coefficient (Wildman–Crippen LogP) is 11.6. The Bertz CT molecular complexity index is 721. The van der Waals surface area contributed by atoms with E-state index in [0.29, 0.717) is 5.92 Å². The molecule has 0 spiro atoms. The van der Waals surface area contributed by atoms with Gasteiger partial charge in [-0.1, -0.05) is 160 Å². The van der Waals surface area contributed by atoms with E-state index in [-0.39, 0.29) is 0 Å². The Morgan fingerprint density at radius 3 is 1.47 bits per heavy atom. The number of para-hydroxylation sites is 1. The zero-order valence-electron chi connectivity index (χ0n) is 24.1. The quantitative estimate of drug-likeness (QED) is 0.133. The molecule has 0 saturated heterocycles. The van der Waals surface area contributed by atoms with Gasteiger partial charge in [-0.25, -0.2) is 4.98 Å². The molecule has 0 amide bonds. The normalized spacial score (nSPS) is 12.3. The number of hydrogen-bond acceptors (Lipinski definition) is 1. The molecule has 0 fully saturated rings. The molecule has 0 bridgehead atoms. The fourth-order valence-corrected chi connectivity index (χ4v) is 5.68. The molecular formula is C34H58N2. The highest BCUT2D eigenvalue weighted by molar-refractivity contribution is 5.43. The maximum Gasteiger partial charge on any atom is 0.0991 e. The van der Waals surface area contributed by atoms with Gasteiger partial charge in [-0.15, -0.1) is 0 Å². The largest absolute Gasteiger partial charge is 0.306 e. The Labute approximate surface area is 224 Å². The Morgan fingerprint density at radius 1 is 0.583 bits per heavy atom. The van der Waals surface area contributed by atoms with Crippen molar-refractivity contribution in [2.45, 2.75) is 161 Å². The Kier molecular flexibility index (Phi) is 18.3. The zero-order chi connectivity index (χ0) is 25.5. The van der Waals surface area contributed by atoms with Crippen LogP contribution in [0.2, 0.25) is 0 Å². The van der Waals surface area contributed by atoms with Crippen molar-refractivity contribution < 1.29 is 0 Å². The van der Waals surface area contributed by atoms with Crippen LogP contribution in [-0.2, 0) is 0 Å². The molecule has 2 rings (SSSR count). The molecule has 2 nitrogen and oxygen atoms in total. The van der Waals surface area contributed by atoms with E-state index >= 15 is 0 Å². The van der Waals surface area contributed by atoms with Crippen molar-refractivity contribution >= 4 is 0 Å². The Morgan fingerprint density at radius 2 is 1.03 bits per heavy atom. The second-order valence-corrected chi connectivity index (χ2v) is 11.2. The number of hydrogen-bond donors (Lipinski definition) is 0. The highest BCUT2D eigenvalue weighted by Gasteiger charge is 2.16. The third-order valence-electron chi connectivity index (χ3n) is 7.97. The van der Waals surface area contributed by atoms with Gasteiger partial charge in [0.05, 0.1) is 6.33 Å². The van der Waals surface area contributed by atoms with E-state index in [4.69, 9.17) is 0 Å². The molecule has 36 heavy (non-hydrogen) atoms. The van der Waals surface area contributed by atoms with Crippen LogP contribution < -0.4 is 0 Å². The van der Waals surface area contributed by atoms with Crippen LogP contribution in [0.4, 0.5) is 0 Å². The summed E-state index contributed by atoms with van der Waals surface area (Å²) in [5, 5.41) is 0. The maximum absolute atomic E-state index is 4.32. The first-order chi connectivity index (χ1) is 17.9. The van der Waals surface area contributed by atoms with Crippen LogP contribution in [0, 0.1) is 0 Å². The molecule has 0 aliphatic rings. The van der Waals surface area contributed by atoms with E-state index in [1.165, 1.54) is 153 Å². The van der Waals surface area contributed by atoms with Gasteiger partial charge in [0.15, 0.2) is 0 Å². The first kappa shape index (κ1) is 30.7. The minimum absolute atomic E-state index is 0.673. The van der Waals surface area contributed by atoms with Crippen LogP contribution in [0.3, 0.4) is 0 Å². The number of nitrogens with zero attached hydrogens (tertiary/aromatic N) is 2. The van der Waals surface area contributed by atoms with Crippen LogP contribution in [-0.4, -0.2) is 9.55 Å². The lowest BCUT2D eigenvalue weighted by atomic mass is 9.87. The highest BCUT2D eigenvalue weighted by atomic mass is 15.0. The number of rotatable bonds is 24. The monoisotopic (exact) mass is 494 g/mol. The zero-order valence-corrected chi connectivity index (χ0v) is 24.1. The maximum atomic E-state index is 4.32. The Balaban J connectivity index is 1.74. The molecular weight excluding hydrogens is 436 g/mol. The van der Waals surface area contributed by atoms with Crippen molar-refractivity contribution in [3.63, 3.8) is 0 Å². The van der Waals surface area contributed by atoms with E-state index in [1.54, 1.807) is 0 Å². The van der Waals surface area contributed by atoms with Gasteiger partial charge in [-0.3, -0.25) is 0 Å². The molecule has 0 aliphatic heterocycles. The van der Waals surface area contributed by atoms with Crippen molar-refractivity contribution in [1.29, 1.82) is 0 Å². The first-order valence-electron chi connectivity index (χ1n) is 15.9. The smallest absolute Gasteiger partial charge is 0.0991 e. The van der Waals surface area contributed by atoms with Crippen molar-refractivity contribution in [2.24, 2.45) is 0 Å². The molecule has 0 radical (unpaired) electrons. The van der Waals surface area contributed by atoms with E-state index in [0.717, 1.165) is 0 Å². The van der Waals surface area contributed by atoms with Crippen molar-refractivity contribution in [2.75, 3.05) is 0 Å². The lowest BCUT2D eigenvalue weighted by Crippen LogP contribution is -2.05. The molecule has 2 aromatic rings. The molecule has 0 N–H and O–H groups in total. The van der Waals surface area contributed by atoms with E-state index < -0.39 is 0 Å². The Hall–Kier alpha value is -1.57. The average Bonchev–Trinajstić information content (AvgIpc) is 3.44. The number of benzene rings is 1. The third kappa shape index (κ3) is 13.7. The van der Waals surface area contributed by atoms with Gasteiger partial charge in [0.2, 0.25) is 0 Å². The minimum Gasteiger partial charge on any atom is -0.306 e. The fourth-order valence-electron chi connectivity index (χ4n) is 5.68. The lowest BCUT2D eigenvalue weighted by molar-refractivity contribution is 0.480. The summed E-state index contributed by atoms with van der Waals surface area (Å²) in [5.74, 6) is 0.673. The summed E-state index contributed by atoms with van der Waals surface area (Å²) < 4.78 is 2.21. The summed E-state index contributed by atoms with van der Waals surface area (Å²) in [7, 11) is 0. The van der Waals surface area contributed by atoms with E-state index in [1.807, 2.05) is 12.5 Å². The second kappa shape index (κ2) is 21.5. The minimum atomic E-state index is 0.673. The van der Waals surface area contributed by atoms with Gasteiger partial charge < -0.3 is 4.57 Å². The topological polar surface area (TPSA) is 17.8 Å². The summed E-state index contributed by atoms with van der Waals surface area (Å²) in [6.45, 7) is 4.61. The van der Waals surface area contributed by atoms with E-state index in [9.17, 15) is 0 Å². The number of aromatic nitrogens is 2. The van der Waals surface area contributed by atoms with Crippen molar-refractivity contribution in [1.82, 2.24) is 9.55 Å². The standard InChI is InChI=1S/C34H58N2/c1-3-5-7-9-11-13-14-16-18-20-22-26-32(25-21-19-17-15-12-10-8-6-4-2)33-27-23-24-28-34(33)36-30-29-35-31-36/h23-24,27-32H,3-22,25-26H2,1-2H3. The van der Waals surface area contributed by atoms with Crippen LogP contribution >= 0.6 is 0 Å². The van der Waals surface area contributed by atoms with Gasteiger partial charge in [-0.05, 0) is 30.4 Å². The molecule has 1 heterocycles. The summed E-state index contributed by atoms with van der Waals surface area (Å²) >= 11 is 0. The van der Waals surface area contributed by atoms with Crippen LogP contribution in [0.5, 0.6) is 0 Å². The summed E-state index contributed by atoms with van der Waals surface area (Å²) in [6, 6.07) is 9.07. The third-order valence-corrected chi connectivity index (χ3v) is 7.97. The van der Waals surface area contributed by atoms with Gasteiger partial charge in [0.25, 0.3) is 0 Å². The van der Waals surface area contributed by atoms with Gasteiger partial charge >= 0.3 is 0 Å². The second-order valence-electron chi connectivity index (χ2n) is 11.2. The van der Waals surface area contributed by atoms with E-state index in [2.05, 4.69) is 53.9 Å². The summed E-state index contributed by atoms with van der Waals surface area (Å²) in [4.78, 5) is 4.32. The molecule has 0 aliphatic carbocycles.